The van der Waals surface area contributed by atoms with Gasteiger partial charge in [-0.1, -0.05) is 55.4 Å². The van der Waals surface area contributed by atoms with Gasteiger partial charge in [0.15, 0.2) is 0 Å². The number of hydrogen-bond donors (Lipinski definition) is 1. The lowest BCUT2D eigenvalue weighted by Crippen LogP contribution is -2.55. The molecule has 3 fully saturated rings. The number of Topliss-reactive ketones (excluding diaryl/α,β-unsaturated/α-hetero) is 1. The van der Waals surface area contributed by atoms with Crippen LogP contribution in [0.4, 0.5) is 0 Å². The molecule has 212 valence electrons. The van der Waals surface area contributed by atoms with E-state index in [1.807, 2.05) is 0 Å². The Labute approximate surface area is 225 Å². The van der Waals surface area contributed by atoms with Gasteiger partial charge < -0.3 is 14.3 Å². The van der Waals surface area contributed by atoms with E-state index in [-0.39, 0.29) is 53.4 Å². The van der Waals surface area contributed by atoms with E-state index in [1.54, 1.807) is 0 Å². The molecule has 1 N–H and O–H groups in total. The number of methoxy groups -OCH3 is 1. The maximum Gasteiger partial charge on any atom is 0.309 e. The lowest BCUT2D eigenvalue weighted by Gasteiger charge is -2.54. The van der Waals surface area contributed by atoms with Gasteiger partial charge >= 0.3 is 11.9 Å². The molecule has 0 radical (unpaired) electrons. The summed E-state index contributed by atoms with van der Waals surface area (Å²) in [4.78, 5) is 38.6. The van der Waals surface area contributed by atoms with Crippen molar-refractivity contribution in [2.45, 2.75) is 129 Å². The van der Waals surface area contributed by atoms with Crippen LogP contribution in [-0.2, 0) is 23.5 Å². The molecule has 0 saturated heterocycles. The molecule has 3 aliphatic rings. The van der Waals surface area contributed by atoms with Gasteiger partial charge in [0.2, 0.25) is 8.32 Å². The summed E-state index contributed by atoms with van der Waals surface area (Å²) in [5.74, 6) is -0.890. The van der Waals surface area contributed by atoms with E-state index in [1.165, 1.54) is 7.11 Å². The summed E-state index contributed by atoms with van der Waals surface area (Å²) in [6.45, 7) is 17.9. The molecule has 3 aliphatic carbocycles. The molecule has 0 aromatic carbocycles. The van der Waals surface area contributed by atoms with Gasteiger partial charge in [-0.15, -0.1) is 0 Å². The molecule has 0 unspecified atom stereocenters. The summed E-state index contributed by atoms with van der Waals surface area (Å²) in [5.41, 5.74) is 0.606. The predicted molar refractivity (Wildman–Crippen MR) is 148 cm³/mol. The maximum atomic E-state index is 14.0. The van der Waals surface area contributed by atoms with Crippen LogP contribution in [0.25, 0.3) is 0 Å². The lowest BCUT2D eigenvalue weighted by molar-refractivity contribution is -0.157. The fourth-order valence-corrected chi connectivity index (χ4v) is 15.0. The second-order valence-corrected chi connectivity index (χ2v) is 19.2. The molecule has 0 spiro atoms. The van der Waals surface area contributed by atoms with E-state index in [2.05, 4.69) is 55.4 Å². The van der Waals surface area contributed by atoms with Crippen LogP contribution in [0.1, 0.15) is 107 Å². The molecule has 37 heavy (non-hydrogen) atoms. The number of esters is 1. The number of carbonyl (C=O) groups excluding carboxylic acids is 2. The third-order valence-electron chi connectivity index (χ3n) is 11.3. The van der Waals surface area contributed by atoms with Crippen molar-refractivity contribution in [3.63, 3.8) is 0 Å². The van der Waals surface area contributed by atoms with Crippen molar-refractivity contribution in [2.24, 2.45) is 34.5 Å². The second-order valence-electron chi connectivity index (χ2n) is 13.8. The Balaban J connectivity index is 1.85. The molecular formula is C30H52O6Si. The monoisotopic (exact) mass is 536 g/mol. The minimum atomic E-state index is -2.09. The average molecular weight is 537 g/mol. The van der Waals surface area contributed by atoms with Crippen molar-refractivity contribution in [2.75, 3.05) is 7.11 Å². The largest absolute Gasteiger partial charge is 0.481 e. The normalized spacial score (nSPS) is 36.8. The highest BCUT2D eigenvalue weighted by atomic mass is 28.4. The van der Waals surface area contributed by atoms with Gasteiger partial charge in [0.1, 0.15) is 5.78 Å². The van der Waals surface area contributed by atoms with Crippen molar-refractivity contribution < 1.29 is 28.7 Å². The predicted octanol–water partition coefficient (Wildman–Crippen LogP) is 7.01. The standard InChI is InChI=1S/C30H52O6Si/c1-18(2)37(19(3)4,20(5)6)36-21-12-14-30(8,26(31)16-21)24-13-15-29(7)23(22(24)17-27(32)33)10-11-25(29)28(34)35-9/h18-25H,10-17H2,1-9H3,(H,32,33)/t21-,22-,23-,24-,25+,29-,30+/m0/s1. The summed E-state index contributed by atoms with van der Waals surface area (Å²) in [5, 5.41) is 9.89. The fourth-order valence-electron chi connectivity index (χ4n) is 9.43. The van der Waals surface area contributed by atoms with Crippen molar-refractivity contribution in [3.8, 4) is 0 Å². The Morgan fingerprint density at radius 3 is 2.03 bits per heavy atom. The van der Waals surface area contributed by atoms with Crippen molar-refractivity contribution in [1.82, 2.24) is 0 Å². The van der Waals surface area contributed by atoms with Crippen molar-refractivity contribution in [1.29, 1.82) is 0 Å². The zero-order valence-electron chi connectivity index (χ0n) is 24.8. The number of aliphatic carboxylic acids is 1. The molecule has 6 nitrogen and oxygen atoms in total. The Bertz CT molecular complexity index is 846. The van der Waals surface area contributed by atoms with E-state index in [0.29, 0.717) is 23.0 Å². The van der Waals surface area contributed by atoms with Crippen LogP contribution >= 0.6 is 0 Å². The van der Waals surface area contributed by atoms with Crippen LogP contribution in [0.3, 0.4) is 0 Å². The van der Waals surface area contributed by atoms with Crippen LogP contribution in [0.15, 0.2) is 0 Å². The summed E-state index contributed by atoms with van der Waals surface area (Å²) < 4.78 is 12.1. The van der Waals surface area contributed by atoms with Gasteiger partial charge in [0.05, 0.1) is 19.1 Å². The summed E-state index contributed by atoms with van der Waals surface area (Å²) in [6, 6.07) is 0. The molecule has 0 heterocycles. The average Bonchev–Trinajstić information content (AvgIpc) is 3.15. The van der Waals surface area contributed by atoms with E-state index >= 15 is 0 Å². The first-order valence-electron chi connectivity index (χ1n) is 14.7. The van der Waals surface area contributed by atoms with Gasteiger partial charge in [-0.05, 0) is 78.3 Å². The topological polar surface area (TPSA) is 89.9 Å². The number of carboxylic acids is 1. The van der Waals surface area contributed by atoms with E-state index in [0.717, 1.165) is 38.5 Å². The van der Waals surface area contributed by atoms with Crippen LogP contribution in [0, 0.1) is 34.5 Å². The van der Waals surface area contributed by atoms with Gasteiger partial charge in [-0.3, -0.25) is 14.4 Å². The first kappa shape index (κ1) is 30.3. The molecule has 0 aromatic heterocycles. The fraction of sp³-hybridized carbons (Fsp3) is 0.900. The smallest absolute Gasteiger partial charge is 0.309 e. The van der Waals surface area contributed by atoms with Crippen molar-refractivity contribution in [3.05, 3.63) is 0 Å². The number of carboxylic acid groups (broad SMARTS) is 1. The number of hydrogen-bond acceptors (Lipinski definition) is 5. The molecule has 0 aliphatic heterocycles. The maximum absolute atomic E-state index is 14.0. The molecule has 0 bridgehead atoms. The second kappa shape index (κ2) is 11.1. The van der Waals surface area contributed by atoms with Gasteiger partial charge in [-0.2, -0.15) is 0 Å². The number of fused-ring (bicyclic) bond motifs is 1. The molecule has 0 aromatic rings. The summed E-state index contributed by atoms with van der Waals surface area (Å²) >= 11 is 0. The Morgan fingerprint density at radius 1 is 0.946 bits per heavy atom. The highest BCUT2D eigenvalue weighted by molar-refractivity contribution is 6.77. The Kier molecular flexibility index (Phi) is 9.11. The first-order valence-corrected chi connectivity index (χ1v) is 16.8. The van der Waals surface area contributed by atoms with Crippen LogP contribution < -0.4 is 0 Å². The SMILES string of the molecule is COC(=O)[C@H]1CC[C@H]2[C@H](CC(=O)O)[C@@H]([C@@]3(C)CC[C@H](O[Si](C(C)C)(C(C)C)C(C)C)CC3=O)CC[C@]12C. The van der Waals surface area contributed by atoms with Gasteiger partial charge in [0.25, 0.3) is 0 Å². The number of carbonyl (C=O) groups is 3. The zero-order valence-corrected chi connectivity index (χ0v) is 25.8. The third kappa shape index (κ3) is 5.20. The zero-order chi connectivity index (χ0) is 27.9. The number of ketones is 1. The molecule has 3 saturated carbocycles. The van der Waals surface area contributed by atoms with Gasteiger partial charge in [0, 0.05) is 18.3 Å². The van der Waals surface area contributed by atoms with Crippen molar-refractivity contribution >= 4 is 26.0 Å². The Morgan fingerprint density at radius 2 is 1.54 bits per heavy atom. The minimum Gasteiger partial charge on any atom is -0.481 e. The molecule has 0 amide bonds. The quantitative estimate of drug-likeness (QED) is 0.252. The number of ether oxygens (including phenoxy) is 1. The Hall–Kier alpha value is -1.21. The van der Waals surface area contributed by atoms with Crippen LogP contribution in [0.5, 0.6) is 0 Å². The molecule has 7 heteroatoms. The summed E-state index contributed by atoms with van der Waals surface area (Å²) in [7, 11) is -0.650. The van der Waals surface area contributed by atoms with E-state index in [4.69, 9.17) is 9.16 Å². The highest BCUT2D eigenvalue weighted by Crippen LogP contribution is 2.63. The van der Waals surface area contributed by atoms with Crippen LogP contribution in [-0.4, -0.2) is 44.4 Å². The molecule has 7 atom stereocenters. The number of rotatable bonds is 9. The molecular weight excluding hydrogens is 484 g/mol. The first-order chi connectivity index (χ1) is 17.1. The highest BCUT2D eigenvalue weighted by Gasteiger charge is 2.61. The third-order valence-corrected chi connectivity index (χ3v) is 17.4. The van der Waals surface area contributed by atoms with E-state index in [9.17, 15) is 19.5 Å². The van der Waals surface area contributed by atoms with E-state index < -0.39 is 19.7 Å². The molecule has 3 rings (SSSR count). The van der Waals surface area contributed by atoms with Crippen LogP contribution in [0.2, 0.25) is 16.6 Å². The lowest BCUT2D eigenvalue weighted by atomic mass is 9.50. The summed E-state index contributed by atoms with van der Waals surface area (Å²) in [6.07, 6.45) is 5.25. The minimum absolute atomic E-state index is 0.0221. The van der Waals surface area contributed by atoms with Gasteiger partial charge in [-0.25, -0.2) is 0 Å².